The molecular weight excluding hydrogens is 360 g/mol. The van der Waals surface area contributed by atoms with Gasteiger partial charge in [0.25, 0.3) is 0 Å². The Morgan fingerprint density at radius 3 is 1.30 bits per heavy atom. The molecule has 0 rings (SSSR count). The van der Waals surface area contributed by atoms with E-state index >= 15 is 0 Å². The number of carbonyl (C=O) groups excluding carboxylic acids is 4. The molecule has 0 saturated carbocycles. The van der Waals surface area contributed by atoms with Crippen molar-refractivity contribution in [3.8, 4) is 0 Å². The summed E-state index contributed by atoms with van der Waals surface area (Å²) in [5, 5.41) is 0. The Balaban J connectivity index is 3.50. The SMILES string of the molecule is C=C(C)C(=O)OCCC(=O)OCCOCCOC(=O)CCOC(=O)C(=C)C. The van der Waals surface area contributed by atoms with Crippen LogP contribution in [-0.4, -0.2) is 63.5 Å². The van der Waals surface area contributed by atoms with E-state index in [9.17, 15) is 19.2 Å². The summed E-state index contributed by atoms with van der Waals surface area (Å²) >= 11 is 0. The van der Waals surface area contributed by atoms with Crippen LogP contribution in [0.1, 0.15) is 26.7 Å². The van der Waals surface area contributed by atoms with E-state index in [2.05, 4.69) is 13.2 Å². The Labute approximate surface area is 158 Å². The number of carbonyl (C=O) groups is 4. The van der Waals surface area contributed by atoms with Crippen molar-refractivity contribution in [3.05, 3.63) is 24.3 Å². The third-order valence-electron chi connectivity index (χ3n) is 2.76. The van der Waals surface area contributed by atoms with Gasteiger partial charge >= 0.3 is 23.9 Å². The highest BCUT2D eigenvalue weighted by atomic mass is 16.6. The van der Waals surface area contributed by atoms with Gasteiger partial charge in [0.15, 0.2) is 0 Å². The first-order valence-corrected chi connectivity index (χ1v) is 8.28. The first kappa shape index (κ1) is 24.3. The minimum atomic E-state index is -0.560. The highest BCUT2D eigenvalue weighted by molar-refractivity contribution is 5.87. The van der Waals surface area contributed by atoms with Crippen LogP contribution in [0.15, 0.2) is 24.3 Å². The lowest BCUT2D eigenvalue weighted by Crippen LogP contribution is -2.17. The zero-order valence-corrected chi connectivity index (χ0v) is 15.7. The lowest BCUT2D eigenvalue weighted by molar-refractivity contribution is -0.149. The average Bonchev–Trinajstić information content (AvgIpc) is 2.60. The van der Waals surface area contributed by atoms with Crippen molar-refractivity contribution in [2.24, 2.45) is 0 Å². The van der Waals surface area contributed by atoms with E-state index < -0.39 is 23.9 Å². The molecule has 0 radical (unpaired) electrons. The summed E-state index contributed by atoms with van der Waals surface area (Å²) in [5.74, 6) is -2.17. The number of rotatable bonds is 14. The van der Waals surface area contributed by atoms with E-state index in [1.165, 1.54) is 13.8 Å². The zero-order chi connectivity index (χ0) is 20.7. The normalized spacial score (nSPS) is 9.85. The van der Waals surface area contributed by atoms with Crippen LogP contribution in [0.5, 0.6) is 0 Å². The third-order valence-corrected chi connectivity index (χ3v) is 2.76. The van der Waals surface area contributed by atoms with Gasteiger partial charge in [0, 0.05) is 11.1 Å². The Hall–Kier alpha value is -2.68. The molecule has 0 aromatic rings. The molecule has 152 valence electrons. The van der Waals surface area contributed by atoms with Crippen LogP contribution in [0.25, 0.3) is 0 Å². The molecule has 27 heavy (non-hydrogen) atoms. The Bertz CT molecular complexity index is 503. The van der Waals surface area contributed by atoms with Crippen LogP contribution in [0.4, 0.5) is 0 Å². The Morgan fingerprint density at radius 2 is 0.963 bits per heavy atom. The molecule has 0 unspecified atom stereocenters. The second kappa shape index (κ2) is 14.5. The molecule has 0 aliphatic heterocycles. The van der Waals surface area contributed by atoms with Gasteiger partial charge in [-0.05, 0) is 13.8 Å². The van der Waals surface area contributed by atoms with Gasteiger partial charge in [0.1, 0.15) is 26.4 Å². The van der Waals surface area contributed by atoms with Crippen LogP contribution >= 0.6 is 0 Å². The lowest BCUT2D eigenvalue weighted by Gasteiger charge is -2.08. The molecule has 0 bridgehead atoms. The maximum absolute atomic E-state index is 11.4. The van der Waals surface area contributed by atoms with Crippen LogP contribution in [0, 0.1) is 0 Å². The lowest BCUT2D eigenvalue weighted by atomic mass is 10.4. The van der Waals surface area contributed by atoms with E-state index in [1.807, 2.05) is 0 Å². The fraction of sp³-hybridized carbons (Fsp3) is 0.556. The minimum Gasteiger partial charge on any atom is -0.463 e. The van der Waals surface area contributed by atoms with E-state index in [4.69, 9.17) is 23.7 Å². The van der Waals surface area contributed by atoms with Crippen LogP contribution in [-0.2, 0) is 42.9 Å². The minimum absolute atomic E-state index is 0.0259. The molecule has 0 aliphatic rings. The van der Waals surface area contributed by atoms with Crippen molar-refractivity contribution in [1.82, 2.24) is 0 Å². The molecule has 0 aliphatic carbocycles. The third kappa shape index (κ3) is 14.2. The summed E-state index contributed by atoms with van der Waals surface area (Å²) in [7, 11) is 0. The monoisotopic (exact) mass is 386 g/mol. The fourth-order valence-corrected chi connectivity index (χ4v) is 1.38. The molecule has 0 spiro atoms. The van der Waals surface area contributed by atoms with Crippen molar-refractivity contribution in [2.75, 3.05) is 39.6 Å². The van der Waals surface area contributed by atoms with E-state index in [-0.39, 0.29) is 63.6 Å². The summed E-state index contributed by atoms with van der Waals surface area (Å²) in [6, 6.07) is 0. The first-order chi connectivity index (χ1) is 12.7. The maximum Gasteiger partial charge on any atom is 0.333 e. The smallest absolute Gasteiger partial charge is 0.333 e. The van der Waals surface area contributed by atoms with Gasteiger partial charge in [0.05, 0.1) is 26.1 Å². The van der Waals surface area contributed by atoms with Crippen LogP contribution < -0.4 is 0 Å². The van der Waals surface area contributed by atoms with Crippen molar-refractivity contribution in [1.29, 1.82) is 0 Å². The van der Waals surface area contributed by atoms with E-state index in [0.29, 0.717) is 0 Å². The molecule has 0 atom stereocenters. The molecule has 0 saturated heterocycles. The average molecular weight is 386 g/mol. The predicted octanol–water partition coefficient (Wildman–Crippen LogP) is 1.11. The highest BCUT2D eigenvalue weighted by Crippen LogP contribution is 1.96. The standard InChI is InChI=1S/C18H26O9/c1-13(2)17(21)26-7-5-15(19)24-11-9-23-10-12-25-16(20)6-8-27-18(22)14(3)4/h1,3,5-12H2,2,4H3. The van der Waals surface area contributed by atoms with Crippen molar-refractivity contribution in [2.45, 2.75) is 26.7 Å². The molecule has 0 aromatic carbocycles. The molecule has 0 fully saturated rings. The zero-order valence-electron chi connectivity index (χ0n) is 15.7. The van der Waals surface area contributed by atoms with Gasteiger partial charge in [-0.15, -0.1) is 0 Å². The van der Waals surface area contributed by atoms with E-state index in [0.717, 1.165) is 0 Å². The van der Waals surface area contributed by atoms with Crippen molar-refractivity contribution in [3.63, 3.8) is 0 Å². The van der Waals surface area contributed by atoms with Gasteiger partial charge in [-0.2, -0.15) is 0 Å². The number of esters is 4. The summed E-state index contributed by atoms with van der Waals surface area (Å²) in [5.41, 5.74) is 0.510. The van der Waals surface area contributed by atoms with Crippen LogP contribution in [0.2, 0.25) is 0 Å². The molecule has 0 heterocycles. The largest absolute Gasteiger partial charge is 0.463 e. The van der Waals surface area contributed by atoms with Crippen molar-refractivity contribution < 1.29 is 42.9 Å². The van der Waals surface area contributed by atoms with Crippen molar-refractivity contribution >= 4 is 23.9 Å². The topological polar surface area (TPSA) is 114 Å². The first-order valence-electron chi connectivity index (χ1n) is 8.28. The summed E-state index contributed by atoms with van der Waals surface area (Å²) < 4.78 is 24.4. The Kier molecular flexibility index (Phi) is 13.0. The number of ether oxygens (including phenoxy) is 5. The second-order valence-corrected chi connectivity index (χ2v) is 5.39. The van der Waals surface area contributed by atoms with E-state index in [1.54, 1.807) is 0 Å². The molecule has 9 heteroatoms. The maximum atomic E-state index is 11.4. The van der Waals surface area contributed by atoms with Gasteiger partial charge in [-0.3, -0.25) is 9.59 Å². The summed E-state index contributed by atoms with van der Waals surface area (Å²) in [6.45, 7) is 10.00. The Morgan fingerprint density at radius 1 is 0.593 bits per heavy atom. The quantitative estimate of drug-likeness (QED) is 0.187. The van der Waals surface area contributed by atoms with Gasteiger partial charge in [0.2, 0.25) is 0 Å². The summed E-state index contributed by atoms with van der Waals surface area (Å²) in [4.78, 5) is 44.9. The van der Waals surface area contributed by atoms with Gasteiger partial charge in [-0.25, -0.2) is 9.59 Å². The number of hydrogen-bond donors (Lipinski definition) is 0. The molecule has 0 aromatic heterocycles. The molecule has 9 nitrogen and oxygen atoms in total. The highest BCUT2D eigenvalue weighted by Gasteiger charge is 2.08. The fourth-order valence-electron chi connectivity index (χ4n) is 1.38. The second-order valence-electron chi connectivity index (χ2n) is 5.39. The van der Waals surface area contributed by atoms with Crippen LogP contribution in [0.3, 0.4) is 0 Å². The van der Waals surface area contributed by atoms with Gasteiger partial charge < -0.3 is 23.7 Å². The number of hydrogen-bond acceptors (Lipinski definition) is 9. The molecule has 0 N–H and O–H groups in total. The predicted molar refractivity (Wildman–Crippen MR) is 93.5 cm³/mol. The molecular formula is C18H26O9. The molecule has 0 amide bonds. The van der Waals surface area contributed by atoms with Gasteiger partial charge in [-0.1, -0.05) is 13.2 Å². The summed E-state index contributed by atoms with van der Waals surface area (Å²) in [6.07, 6.45) is -0.126.